The highest BCUT2D eigenvalue weighted by atomic mass is 79.9. The van der Waals surface area contributed by atoms with E-state index in [1.165, 1.54) is 0 Å². The van der Waals surface area contributed by atoms with E-state index < -0.39 is 29.8 Å². The monoisotopic (exact) mass is 445 g/mol. The Balaban J connectivity index is 1.72. The fourth-order valence-electron chi connectivity index (χ4n) is 4.13. The summed E-state index contributed by atoms with van der Waals surface area (Å²) in [7, 11) is 0. The maximum absolute atomic E-state index is 13.8. The molecule has 2 fully saturated rings. The largest absolute Gasteiger partial charge is 0.463 e. The fourth-order valence-corrected chi connectivity index (χ4v) is 4.39. The Morgan fingerprint density at radius 2 is 1.93 bits per heavy atom. The number of alkyl halides is 2. The molecule has 1 aliphatic carbocycles. The minimum Gasteiger partial charge on any atom is -0.463 e. The summed E-state index contributed by atoms with van der Waals surface area (Å²) in [6.45, 7) is 2.11. The van der Waals surface area contributed by atoms with Crippen LogP contribution in [0.15, 0.2) is 28.7 Å². The van der Waals surface area contributed by atoms with Crippen LogP contribution in [-0.2, 0) is 15.1 Å². The van der Waals surface area contributed by atoms with Crippen LogP contribution in [0.2, 0.25) is 0 Å². The summed E-state index contributed by atoms with van der Waals surface area (Å²) in [5.41, 5.74) is -1.74. The van der Waals surface area contributed by atoms with Crippen molar-refractivity contribution in [3.05, 3.63) is 34.3 Å². The van der Waals surface area contributed by atoms with Gasteiger partial charge >= 0.3 is 5.97 Å². The molecule has 150 valence electrons. The lowest BCUT2D eigenvalue weighted by atomic mass is 9.80. The maximum atomic E-state index is 13.8. The van der Waals surface area contributed by atoms with Gasteiger partial charge in [-0.1, -0.05) is 28.1 Å². The number of nitrogens with one attached hydrogen (secondary N) is 1. The first kappa shape index (κ1) is 20.7. The number of piperidine rings is 1. The second-order valence-corrected chi connectivity index (χ2v) is 8.60. The molecule has 1 saturated carbocycles. The number of ether oxygens (including phenoxy) is 1. The second-order valence-electron chi connectivity index (χ2n) is 7.69. The van der Waals surface area contributed by atoms with Crippen LogP contribution in [0.4, 0.5) is 8.78 Å². The second kappa shape index (κ2) is 8.53. The van der Waals surface area contributed by atoms with E-state index in [2.05, 4.69) is 21.2 Å². The van der Waals surface area contributed by atoms with Crippen molar-refractivity contribution in [2.75, 3.05) is 19.7 Å². The molecule has 2 atom stereocenters. The van der Waals surface area contributed by atoms with E-state index in [-0.39, 0.29) is 19.4 Å². The van der Waals surface area contributed by atoms with Crippen molar-refractivity contribution in [1.82, 2.24) is 5.32 Å². The average Bonchev–Trinajstić information content (AvgIpc) is 3.02. The summed E-state index contributed by atoms with van der Waals surface area (Å²) in [6, 6.07) is 6.56. The number of hydrogen-bond acceptors (Lipinski definition) is 4. The van der Waals surface area contributed by atoms with Gasteiger partial charge in [-0.15, -0.1) is 0 Å². The minimum absolute atomic E-state index is 0.0863. The zero-order valence-electron chi connectivity index (χ0n) is 15.2. The molecule has 2 unspecified atom stereocenters. The van der Waals surface area contributed by atoms with Crippen molar-refractivity contribution in [1.29, 1.82) is 0 Å². The van der Waals surface area contributed by atoms with Crippen LogP contribution >= 0.6 is 15.9 Å². The zero-order valence-corrected chi connectivity index (χ0v) is 16.8. The van der Waals surface area contributed by atoms with Crippen LogP contribution in [0.1, 0.15) is 44.1 Å². The van der Waals surface area contributed by atoms with E-state index in [4.69, 9.17) is 4.74 Å². The van der Waals surface area contributed by atoms with Crippen LogP contribution in [0.5, 0.6) is 0 Å². The van der Waals surface area contributed by atoms with Crippen molar-refractivity contribution in [3.8, 4) is 0 Å². The highest BCUT2D eigenvalue weighted by Gasteiger charge is 2.54. The van der Waals surface area contributed by atoms with Gasteiger partial charge in [-0.2, -0.15) is 0 Å². The Morgan fingerprint density at radius 1 is 1.26 bits per heavy atom. The Labute approximate surface area is 166 Å². The van der Waals surface area contributed by atoms with Gasteiger partial charge in [0.1, 0.15) is 0 Å². The van der Waals surface area contributed by atoms with Crippen LogP contribution in [0.3, 0.4) is 0 Å². The van der Waals surface area contributed by atoms with Gasteiger partial charge in [0, 0.05) is 23.2 Å². The summed E-state index contributed by atoms with van der Waals surface area (Å²) in [5, 5.41) is 14.6. The molecule has 4 nitrogen and oxygen atoms in total. The van der Waals surface area contributed by atoms with Gasteiger partial charge in [0.15, 0.2) is 5.60 Å². The summed E-state index contributed by atoms with van der Waals surface area (Å²) in [5.74, 6) is -4.05. The Kier molecular flexibility index (Phi) is 6.54. The van der Waals surface area contributed by atoms with Gasteiger partial charge in [0.25, 0.3) is 0 Å². The van der Waals surface area contributed by atoms with Crippen LogP contribution in [0.25, 0.3) is 0 Å². The van der Waals surface area contributed by atoms with Crippen LogP contribution in [0, 0.1) is 11.8 Å². The van der Waals surface area contributed by atoms with E-state index in [9.17, 15) is 18.7 Å². The fraction of sp³-hybridized carbons (Fsp3) is 0.650. The number of aliphatic hydroxyl groups is 1. The smallest absolute Gasteiger partial charge is 0.343 e. The molecular formula is C20H26BrF2NO3. The van der Waals surface area contributed by atoms with Crippen LogP contribution < -0.4 is 5.32 Å². The molecule has 0 spiro atoms. The third-order valence-electron chi connectivity index (χ3n) is 5.81. The molecule has 0 radical (unpaired) electrons. The Bertz CT molecular complexity index is 649. The molecule has 1 aromatic carbocycles. The molecule has 1 saturated heterocycles. The maximum Gasteiger partial charge on any atom is 0.343 e. The number of esters is 1. The van der Waals surface area contributed by atoms with Crippen molar-refractivity contribution in [2.45, 2.75) is 50.0 Å². The first-order valence-electron chi connectivity index (χ1n) is 9.55. The third-order valence-corrected chi connectivity index (χ3v) is 6.34. The first-order valence-corrected chi connectivity index (χ1v) is 10.3. The predicted molar refractivity (Wildman–Crippen MR) is 101 cm³/mol. The average molecular weight is 446 g/mol. The van der Waals surface area contributed by atoms with Gasteiger partial charge in [-0.3, -0.25) is 0 Å². The van der Waals surface area contributed by atoms with Gasteiger partial charge in [-0.05, 0) is 62.4 Å². The quantitative estimate of drug-likeness (QED) is 0.649. The molecule has 2 aliphatic rings. The van der Waals surface area contributed by atoms with Gasteiger partial charge in [0.05, 0.1) is 6.61 Å². The van der Waals surface area contributed by atoms with Gasteiger partial charge in [0.2, 0.25) is 5.92 Å². The normalized spacial score (nSPS) is 25.1. The number of hydrogen-bond donors (Lipinski definition) is 2. The third kappa shape index (κ3) is 4.87. The number of benzene rings is 1. The molecule has 3 rings (SSSR count). The van der Waals surface area contributed by atoms with Crippen molar-refractivity contribution in [3.63, 3.8) is 0 Å². The molecule has 1 aliphatic heterocycles. The lowest BCUT2D eigenvalue weighted by Crippen LogP contribution is -2.44. The van der Waals surface area contributed by atoms with Gasteiger partial charge in [-0.25, -0.2) is 13.6 Å². The Morgan fingerprint density at radius 3 is 2.52 bits per heavy atom. The summed E-state index contributed by atoms with van der Waals surface area (Å²) >= 11 is 3.31. The molecule has 0 bridgehead atoms. The van der Waals surface area contributed by atoms with E-state index in [0.717, 1.165) is 36.8 Å². The van der Waals surface area contributed by atoms with E-state index >= 15 is 0 Å². The first-order chi connectivity index (χ1) is 12.8. The number of rotatable bonds is 6. The molecule has 0 amide bonds. The van der Waals surface area contributed by atoms with Gasteiger partial charge < -0.3 is 15.2 Å². The molecular weight excluding hydrogens is 420 g/mol. The molecule has 27 heavy (non-hydrogen) atoms. The van der Waals surface area contributed by atoms with Crippen molar-refractivity contribution < 1.29 is 23.4 Å². The molecule has 1 heterocycles. The lowest BCUT2D eigenvalue weighted by Gasteiger charge is -2.32. The summed E-state index contributed by atoms with van der Waals surface area (Å²) < 4.78 is 33.8. The van der Waals surface area contributed by atoms with E-state index in [1.807, 2.05) is 0 Å². The summed E-state index contributed by atoms with van der Waals surface area (Å²) in [6.07, 6.45) is 2.04. The zero-order chi connectivity index (χ0) is 19.5. The molecule has 1 aromatic rings. The standard InChI is InChI=1S/C20H26BrF2NO3/c21-17-3-1-15(2-4-17)20(26,16-5-9-19(22,23)13-16)18(25)27-12-8-14-6-10-24-11-7-14/h1-4,14,16,24,26H,5-13H2. The number of carbonyl (C=O) groups excluding carboxylic acids is 1. The molecule has 0 aromatic heterocycles. The topological polar surface area (TPSA) is 58.6 Å². The highest BCUT2D eigenvalue weighted by molar-refractivity contribution is 9.10. The Hall–Kier alpha value is -1.05. The molecule has 2 N–H and O–H groups in total. The summed E-state index contributed by atoms with van der Waals surface area (Å²) in [4.78, 5) is 12.8. The van der Waals surface area contributed by atoms with Crippen LogP contribution in [-0.4, -0.2) is 36.7 Å². The number of carbonyl (C=O) groups is 1. The van der Waals surface area contributed by atoms with Crippen molar-refractivity contribution in [2.24, 2.45) is 11.8 Å². The van der Waals surface area contributed by atoms with E-state index in [0.29, 0.717) is 11.5 Å². The predicted octanol–water partition coefficient (Wildman–Crippen LogP) is 4.01. The number of halogens is 3. The highest BCUT2D eigenvalue weighted by Crippen LogP contribution is 2.48. The molecule has 7 heteroatoms. The van der Waals surface area contributed by atoms with Crippen molar-refractivity contribution >= 4 is 21.9 Å². The SMILES string of the molecule is O=C(OCCC1CCNCC1)C(O)(c1ccc(Br)cc1)C1CCC(F)(F)C1. The minimum atomic E-state index is -2.86. The van der Waals surface area contributed by atoms with E-state index in [1.54, 1.807) is 24.3 Å². The lowest BCUT2D eigenvalue weighted by molar-refractivity contribution is -0.175.